The lowest BCUT2D eigenvalue weighted by atomic mass is 10.1. The molecule has 4 rings (SSSR count). The molecule has 2 heterocycles. The fourth-order valence-corrected chi connectivity index (χ4v) is 3.45. The molecule has 1 unspecified atom stereocenters. The molecule has 1 aliphatic rings. The molecule has 0 spiro atoms. The first-order valence-electron chi connectivity index (χ1n) is 10.0. The van der Waals surface area contributed by atoms with Crippen molar-refractivity contribution in [3.63, 3.8) is 0 Å². The number of ether oxygens (including phenoxy) is 2. The fraction of sp³-hybridized carbons (Fsp3) is 0.261. The van der Waals surface area contributed by atoms with Crippen molar-refractivity contribution in [2.45, 2.75) is 19.6 Å². The van der Waals surface area contributed by atoms with Crippen molar-refractivity contribution in [1.82, 2.24) is 15.2 Å². The Balaban J connectivity index is 1.27. The normalized spacial score (nSPS) is 14.8. The van der Waals surface area contributed by atoms with Gasteiger partial charge in [-0.1, -0.05) is 30.3 Å². The van der Waals surface area contributed by atoms with Crippen molar-refractivity contribution < 1.29 is 19.1 Å². The molecule has 0 bridgehead atoms. The summed E-state index contributed by atoms with van der Waals surface area (Å²) in [6, 6.07) is 16.4. The maximum absolute atomic E-state index is 12.7. The molecule has 2 aromatic carbocycles. The number of hydrogen-bond donors (Lipinski definition) is 2. The minimum absolute atomic E-state index is 0.154. The highest BCUT2D eigenvalue weighted by Gasteiger charge is 2.21. The number of nitrogens with zero attached hydrogens (tertiary/aromatic N) is 1. The summed E-state index contributed by atoms with van der Waals surface area (Å²) in [7, 11) is 0. The van der Waals surface area contributed by atoms with Crippen LogP contribution < -0.4 is 25.7 Å². The van der Waals surface area contributed by atoms with Crippen LogP contribution in [0.15, 0.2) is 59.4 Å². The van der Waals surface area contributed by atoms with E-state index in [0.717, 1.165) is 5.39 Å². The van der Waals surface area contributed by atoms with Gasteiger partial charge in [-0.25, -0.2) is 0 Å². The maximum Gasteiger partial charge on any atom is 0.259 e. The lowest BCUT2D eigenvalue weighted by Crippen LogP contribution is -2.45. The van der Waals surface area contributed by atoms with Gasteiger partial charge in [-0.05, 0) is 36.6 Å². The smallest absolute Gasteiger partial charge is 0.259 e. The Morgan fingerprint density at radius 1 is 1.03 bits per heavy atom. The van der Waals surface area contributed by atoms with Gasteiger partial charge in [0.1, 0.15) is 19.3 Å². The van der Waals surface area contributed by atoms with Crippen LogP contribution in [0, 0.1) is 6.92 Å². The molecule has 0 saturated carbocycles. The summed E-state index contributed by atoms with van der Waals surface area (Å²) in [6.45, 7) is 2.02. The van der Waals surface area contributed by atoms with Crippen molar-refractivity contribution >= 4 is 22.6 Å². The van der Waals surface area contributed by atoms with E-state index in [-0.39, 0.29) is 37.2 Å². The Morgan fingerprint density at radius 2 is 1.77 bits per heavy atom. The third-order valence-electron chi connectivity index (χ3n) is 5.07. The molecule has 8 nitrogen and oxygen atoms in total. The van der Waals surface area contributed by atoms with Crippen molar-refractivity contribution in [2.75, 3.05) is 19.7 Å². The molecule has 160 valence electrons. The summed E-state index contributed by atoms with van der Waals surface area (Å²) < 4.78 is 12.8. The van der Waals surface area contributed by atoms with Crippen LogP contribution in [-0.4, -0.2) is 42.2 Å². The van der Waals surface area contributed by atoms with Crippen LogP contribution in [0.1, 0.15) is 5.69 Å². The van der Waals surface area contributed by atoms with E-state index in [1.807, 2.05) is 36.4 Å². The molecule has 0 aliphatic carbocycles. The summed E-state index contributed by atoms with van der Waals surface area (Å²) in [5.41, 5.74) is 0.447. The third-order valence-corrected chi connectivity index (χ3v) is 5.07. The Bertz CT molecular complexity index is 1190. The maximum atomic E-state index is 12.7. The molecule has 1 aromatic heterocycles. The zero-order valence-corrected chi connectivity index (χ0v) is 17.1. The van der Waals surface area contributed by atoms with E-state index < -0.39 is 5.91 Å². The van der Waals surface area contributed by atoms with Crippen LogP contribution in [0.3, 0.4) is 0 Å². The number of rotatable bonds is 6. The number of hydrogen-bond acceptors (Lipinski definition) is 5. The summed E-state index contributed by atoms with van der Waals surface area (Å²) >= 11 is 0. The highest BCUT2D eigenvalue weighted by atomic mass is 16.6. The van der Waals surface area contributed by atoms with Gasteiger partial charge in [0.15, 0.2) is 11.5 Å². The summed E-state index contributed by atoms with van der Waals surface area (Å²) in [6.07, 6.45) is -0.312. The van der Waals surface area contributed by atoms with E-state index in [4.69, 9.17) is 9.47 Å². The number of aryl methyl sites for hydroxylation is 1. The van der Waals surface area contributed by atoms with E-state index in [0.29, 0.717) is 29.2 Å². The number of carbonyl (C=O) groups excluding carboxylic acids is 2. The van der Waals surface area contributed by atoms with Crippen LogP contribution in [0.4, 0.5) is 0 Å². The van der Waals surface area contributed by atoms with Gasteiger partial charge in [0.2, 0.25) is 11.8 Å². The van der Waals surface area contributed by atoms with Gasteiger partial charge >= 0.3 is 0 Å². The quantitative estimate of drug-likeness (QED) is 0.627. The van der Waals surface area contributed by atoms with E-state index in [1.54, 1.807) is 25.1 Å². The summed E-state index contributed by atoms with van der Waals surface area (Å²) in [5.74, 6) is 0.550. The number of carbonyl (C=O) groups is 2. The Kier molecular flexibility index (Phi) is 5.88. The molecule has 1 aliphatic heterocycles. The zero-order chi connectivity index (χ0) is 21.8. The highest BCUT2D eigenvalue weighted by Crippen LogP contribution is 2.30. The van der Waals surface area contributed by atoms with Crippen LogP contribution in [0.2, 0.25) is 0 Å². The third kappa shape index (κ3) is 4.69. The first-order chi connectivity index (χ1) is 15.0. The molecule has 31 heavy (non-hydrogen) atoms. The van der Waals surface area contributed by atoms with Crippen LogP contribution in [0.5, 0.6) is 11.5 Å². The highest BCUT2D eigenvalue weighted by molar-refractivity contribution is 5.85. The van der Waals surface area contributed by atoms with Gasteiger partial charge in [0.25, 0.3) is 5.56 Å². The van der Waals surface area contributed by atoms with E-state index in [9.17, 15) is 14.4 Å². The topological polar surface area (TPSA) is 98.7 Å². The summed E-state index contributed by atoms with van der Waals surface area (Å²) in [5, 5.41) is 6.66. The number of fused-ring (bicyclic) bond motifs is 2. The molecule has 1 atom stereocenters. The molecule has 0 saturated heterocycles. The Labute approximate surface area is 178 Å². The van der Waals surface area contributed by atoms with E-state index in [2.05, 4.69) is 10.6 Å². The van der Waals surface area contributed by atoms with Crippen molar-refractivity contribution in [3.8, 4) is 11.5 Å². The zero-order valence-electron chi connectivity index (χ0n) is 17.1. The minimum atomic E-state index is -0.415. The second kappa shape index (κ2) is 8.91. The standard InChI is InChI=1S/C23H23N3O5/c1-15-10-16-6-2-3-7-18(16)23(29)26(15)13-22(28)25-12-21(27)24-11-17-14-30-19-8-4-5-9-20(19)31-17/h2-10,17H,11-14H2,1H3,(H,24,27)(H,25,28). The molecular weight excluding hydrogens is 398 g/mol. The second-order valence-corrected chi connectivity index (χ2v) is 7.34. The number of aromatic nitrogens is 1. The van der Waals surface area contributed by atoms with Gasteiger partial charge in [-0.2, -0.15) is 0 Å². The summed E-state index contributed by atoms with van der Waals surface area (Å²) in [4.78, 5) is 37.1. The molecule has 2 N–H and O–H groups in total. The van der Waals surface area contributed by atoms with Gasteiger partial charge < -0.3 is 24.7 Å². The first-order valence-corrected chi connectivity index (χ1v) is 10.0. The lowest BCUT2D eigenvalue weighted by molar-refractivity contribution is -0.126. The van der Waals surface area contributed by atoms with Crippen molar-refractivity contribution in [1.29, 1.82) is 0 Å². The average molecular weight is 421 g/mol. The van der Waals surface area contributed by atoms with Crippen LogP contribution in [-0.2, 0) is 16.1 Å². The monoisotopic (exact) mass is 421 g/mol. The first kappa shape index (κ1) is 20.5. The predicted octanol–water partition coefficient (Wildman–Crippen LogP) is 1.38. The number of para-hydroxylation sites is 2. The van der Waals surface area contributed by atoms with Crippen molar-refractivity contribution in [2.24, 2.45) is 0 Å². The van der Waals surface area contributed by atoms with E-state index >= 15 is 0 Å². The average Bonchev–Trinajstić information content (AvgIpc) is 2.79. The number of nitrogens with one attached hydrogen (secondary N) is 2. The Morgan fingerprint density at radius 3 is 2.61 bits per heavy atom. The molecule has 0 radical (unpaired) electrons. The number of benzene rings is 2. The minimum Gasteiger partial charge on any atom is -0.486 e. The molecule has 2 amide bonds. The second-order valence-electron chi connectivity index (χ2n) is 7.34. The lowest BCUT2D eigenvalue weighted by Gasteiger charge is -2.26. The SMILES string of the molecule is Cc1cc2ccccc2c(=O)n1CC(=O)NCC(=O)NCC1COc2ccccc2O1. The predicted molar refractivity (Wildman–Crippen MR) is 115 cm³/mol. The molecule has 3 aromatic rings. The fourth-order valence-electron chi connectivity index (χ4n) is 3.45. The van der Waals surface area contributed by atoms with Crippen LogP contribution >= 0.6 is 0 Å². The molecule has 8 heteroatoms. The number of amides is 2. The Hall–Kier alpha value is -3.81. The van der Waals surface area contributed by atoms with Crippen molar-refractivity contribution in [3.05, 3.63) is 70.6 Å². The van der Waals surface area contributed by atoms with Gasteiger partial charge in [0, 0.05) is 11.1 Å². The van der Waals surface area contributed by atoms with Crippen LogP contribution in [0.25, 0.3) is 10.8 Å². The molecule has 0 fully saturated rings. The molecular formula is C23H23N3O5. The van der Waals surface area contributed by atoms with Gasteiger partial charge in [-0.15, -0.1) is 0 Å². The largest absolute Gasteiger partial charge is 0.486 e. The van der Waals surface area contributed by atoms with E-state index in [1.165, 1.54) is 4.57 Å². The van der Waals surface area contributed by atoms with Gasteiger partial charge in [0.05, 0.1) is 13.1 Å². The number of pyridine rings is 1. The van der Waals surface area contributed by atoms with Gasteiger partial charge in [-0.3, -0.25) is 14.4 Å².